The van der Waals surface area contributed by atoms with Gasteiger partial charge in [0.05, 0.1) is 25.1 Å². The van der Waals surface area contributed by atoms with Crippen molar-refractivity contribution in [3.8, 4) is 11.5 Å². The third kappa shape index (κ3) is 3.57. The molecule has 0 N–H and O–H groups in total. The van der Waals surface area contributed by atoms with Crippen molar-refractivity contribution in [2.75, 3.05) is 20.8 Å². The van der Waals surface area contributed by atoms with Gasteiger partial charge in [-0.25, -0.2) is 9.97 Å². The van der Waals surface area contributed by atoms with Crippen LogP contribution in [0.1, 0.15) is 48.8 Å². The molecule has 1 aliphatic rings. The van der Waals surface area contributed by atoms with E-state index >= 15 is 0 Å². The van der Waals surface area contributed by atoms with Gasteiger partial charge in [0.2, 0.25) is 0 Å². The Morgan fingerprint density at radius 3 is 2.58 bits per heavy atom. The number of ether oxygens (including phenoxy) is 2. The maximum absolute atomic E-state index is 14.0. The summed E-state index contributed by atoms with van der Waals surface area (Å²) >= 11 is 3.13. The molecule has 33 heavy (non-hydrogen) atoms. The van der Waals surface area contributed by atoms with Crippen LogP contribution in [-0.4, -0.2) is 41.5 Å². The number of benzene rings is 1. The molecule has 3 aromatic heterocycles. The van der Waals surface area contributed by atoms with Crippen molar-refractivity contribution in [2.24, 2.45) is 0 Å². The molecule has 1 unspecified atom stereocenters. The van der Waals surface area contributed by atoms with Gasteiger partial charge in [-0.2, -0.15) is 0 Å². The molecule has 1 atom stereocenters. The fourth-order valence-electron chi connectivity index (χ4n) is 4.73. The Labute approximate surface area is 200 Å². The van der Waals surface area contributed by atoms with Gasteiger partial charge in [-0.3, -0.25) is 4.79 Å². The summed E-state index contributed by atoms with van der Waals surface area (Å²) in [5, 5.41) is 3.05. The molecule has 0 spiro atoms. The molecule has 4 heterocycles. The molecule has 0 saturated carbocycles. The molecular formula is C25H25N3O3S2. The van der Waals surface area contributed by atoms with Crippen LogP contribution in [0.3, 0.4) is 0 Å². The molecule has 0 bridgehead atoms. The zero-order valence-corrected chi connectivity index (χ0v) is 20.9. The number of thiophene rings is 2. The molecule has 170 valence electrons. The second kappa shape index (κ2) is 8.43. The van der Waals surface area contributed by atoms with Crippen LogP contribution in [0.4, 0.5) is 0 Å². The van der Waals surface area contributed by atoms with Gasteiger partial charge in [0.1, 0.15) is 10.7 Å². The third-order valence-corrected chi connectivity index (χ3v) is 8.32. The third-order valence-electron chi connectivity index (χ3n) is 6.22. The van der Waals surface area contributed by atoms with Crippen molar-refractivity contribution in [3.63, 3.8) is 0 Å². The standard InChI is InChI=1S/C25H25N3O3S2/c1-13-21-14(2)26-15(3)27-24(21)33-23(13)25(29)28-9-8-16-11-18(30-4)19(31-5)12-17(16)22(28)20-7-6-10-32-20/h6-7,10-12,22H,8-9H2,1-5H3. The molecule has 6 nitrogen and oxygen atoms in total. The van der Waals surface area contributed by atoms with Gasteiger partial charge in [-0.05, 0) is 67.5 Å². The second-order valence-electron chi connectivity index (χ2n) is 8.17. The normalized spacial score (nSPS) is 15.5. The van der Waals surface area contributed by atoms with Crippen molar-refractivity contribution in [3.05, 3.63) is 67.6 Å². The lowest BCUT2D eigenvalue weighted by molar-refractivity contribution is 0.0701. The Morgan fingerprint density at radius 2 is 1.88 bits per heavy atom. The van der Waals surface area contributed by atoms with Crippen molar-refractivity contribution < 1.29 is 14.3 Å². The van der Waals surface area contributed by atoms with Crippen LogP contribution in [0.15, 0.2) is 29.6 Å². The second-order valence-corrected chi connectivity index (χ2v) is 10.1. The lowest BCUT2D eigenvalue weighted by Crippen LogP contribution is -2.40. The average Bonchev–Trinajstić information content (AvgIpc) is 3.45. The SMILES string of the molecule is COc1cc2c(cc1OC)C(c1cccs1)N(C(=O)c1sc3nc(C)nc(C)c3c1C)CC2. The van der Waals surface area contributed by atoms with E-state index in [9.17, 15) is 4.79 Å². The van der Waals surface area contributed by atoms with E-state index in [1.165, 1.54) is 16.9 Å². The zero-order valence-electron chi connectivity index (χ0n) is 19.3. The van der Waals surface area contributed by atoms with Crippen LogP contribution < -0.4 is 9.47 Å². The van der Waals surface area contributed by atoms with Gasteiger partial charge in [-0.1, -0.05) is 6.07 Å². The summed E-state index contributed by atoms with van der Waals surface area (Å²) in [7, 11) is 3.29. The molecule has 0 radical (unpaired) electrons. The zero-order chi connectivity index (χ0) is 23.3. The van der Waals surface area contributed by atoms with E-state index < -0.39 is 0 Å². The van der Waals surface area contributed by atoms with E-state index in [-0.39, 0.29) is 11.9 Å². The lowest BCUT2D eigenvalue weighted by Gasteiger charge is -2.37. The molecule has 0 saturated heterocycles. The fourth-order valence-corrected chi connectivity index (χ4v) is 6.81. The Hall–Kier alpha value is -2.97. The van der Waals surface area contributed by atoms with Crippen molar-refractivity contribution in [1.29, 1.82) is 0 Å². The van der Waals surface area contributed by atoms with Crippen LogP contribution in [0.2, 0.25) is 0 Å². The van der Waals surface area contributed by atoms with E-state index in [1.54, 1.807) is 25.6 Å². The highest BCUT2D eigenvalue weighted by Gasteiger charge is 2.36. The molecule has 4 aromatic rings. The van der Waals surface area contributed by atoms with Crippen molar-refractivity contribution in [1.82, 2.24) is 14.9 Å². The number of methoxy groups -OCH3 is 2. The minimum atomic E-state index is -0.181. The molecule has 5 rings (SSSR count). The van der Waals surface area contributed by atoms with Crippen molar-refractivity contribution in [2.45, 2.75) is 33.2 Å². The first-order valence-corrected chi connectivity index (χ1v) is 12.5. The number of fused-ring (bicyclic) bond motifs is 2. The molecule has 0 aliphatic carbocycles. The number of nitrogens with zero attached hydrogens (tertiary/aromatic N) is 3. The summed E-state index contributed by atoms with van der Waals surface area (Å²) in [5.74, 6) is 2.15. The van der Waals surface area contributed by atoms with E-state index in [1.807, 2.05) is 43.9 Å². The predicted octanol–water partition coefficient (Wildman–Crippen LogP) is 5.48. The predicted molar refractivity (Wildman–Crippen MR) is 132 cm³/mol. The Morgan fingerprint density at radius 1 is 1.12 bits per heavy atom. The number of carbonyl (C=O) groups excluding carboxylic acids is 1. The lowest BCUT2D eigenvalue weighted by atomic mass is 9.90. The number of hydrogen-bond acceptors (Lipinski definition) is 7. The van der Waals surface area contributed by atoms with Crippen LogP contribution in [-0.2, 0) is 6.42 Å². The van der Waals surface area contributed by atoms with E-state index in [0.717, 1.165) is 49.0 Å². The monoisotopic (exact) mass is 479 g/mol. The summed E-state index contributed by atoms with van der Waals surface area (Å²) in [6, 6.07) is 8.01. The summed E-state index contributed by atoms with van der Waals surface area (Å²) in [6.45, 7) is 6.50. The Balaban J connectivity index is 1.64. The first-order chi connectivity index (χ1) is 15.9. The number of aromatic nitrogens is 2. The van der Waals surface area contributed by atoms with Gasteiger partial charge in [0, 0.05) is 22.5 Å². The molecular weight excluding hydrogens is 454 g/mol. The molecule has 1 aromatic carbocycles. The highest BCUT2D eigenvalue weighted by atomic mass is 32.1. The topological polar surface area (TPSA) is 64.6 Å². The Bertz CT molecular complexity index is 1360. The summed E-state index contributed by atoms with van der Waals surface area (Å²) in [5.41, 5.74) is 4.14. The minimum absolute atomic E-state index is 0.0337. The number of carbonyl (C=O) groups is 1. The first-order valence-electron chi connectivity index (χ1n) is 10.8. The summed E-state index contributed by atoms with van der Waals surface area (Å²) < 4.78 is 11.1. The number of hydrogen-bond donors (Lipinski definition) is 0. The summed E-state index contributed by atoms with van der Waals surface area (Å²) in [6.07, 6.45) is 0.755. The van der Waals surface area contributed by atoms with Crippen LogP contribution in [0.25, 0.3) is 10.2 Å². The van der Waals surface area contributed by atoms with Crippen LogP contribution >= 0.6 is 22.7 Å². The highest BCUT2D eigenvalue weighted by molar-refractivity contribution is 7.20. The molecule has 1 amide bonds. The number of amides is 1. The largest absolute Gasteiger partial charge is 0.493 e. The maximum Gasteiger partial charge on any atom is 0.265 e. The van der Waals surface area contributed by atoms with E-state index in [2.05, 4.69) is 21.4 Å². The highest BCUT2D eigenvalue weighted by Crippen LogP contribution is 2.43. The number of aryl methyl sites for hydroxylation is 3. The molecule has 8 heteroatoms. The minimum Gasteiger partial charge on any atom is -0.493 e. The Kier molecular flexibility index (Phi) is 5.58. The van der Waals surface area contributed by atoms with Gasteiger partial charge in [0.15, 0.2) is 11.5 Å². The summed E-state index contributed by atoms with van der Waals surface area (Å²) in [4.78, 5) is 27.9. The maximum atomic E-state index is 14.0. The van der Waals surface area contributed by atoms with Crippen molar-refractivity contribution >= 4 is 38.8 Å². The van der Waals surface area contributed by atoms with Crippen LogP contribution in [0, 0.1) is 20.8 Å². The quantitative estimate of drug-likeness (QED) is 0.388. The van der Waals surface area contributed by atoms with Gasteiger partial charge < -0.3 is 14.4 Å². The van der Waals surface area contributed by atoms with Gasteiger partial charge in [-0.15, -0.1) is 22.7 Å². The van der Waals surface area contributed by atoms with E-state index in [4.69, 9.17) is 9.47 Å². The average molecular weight is 480 g/mol. The van der Waals surface area contributed by atoms with Crippen LogP contribution in [0.5, 0.6) is 11.5 Å². The molecule has 1 aliphatic heterocycles. The van der Waals surface area contributed by atoms with Gasteiger partial charge in [0.25, 0.3) is 5.91 Å². The number of rotatable bonds is 4. The molecule has 0 fully saturated rings. The smallest absolute Gasteiger partial charge is 0.265 e. The fraction of sp³-hybridized carbons (Fsp3) is 0.320. The van der Waals surface area contributed by atoms with E-state index in [0.29, 0.717) is 18.0 Å². The van der Waals surface area contributed by atoms with Gasteiger partial charge >= 0.3 is 0 Å². The first kappa shape index (κ1) is 21.9.